The molecule has 0 aliphatic heterocycles. The lowest BCUT2D eigenvalue weighted by Gasteiger charge is -2.14. The summed E-state index contributed by atoms with van der Waals surface area (Å²) >= 11 is 0. The first-order valence-corrected chi connectivity index (χ1v) is 1.79. The Morgan fingerprint density at radius 3 is 1.00 bits per heavy atom. The molecule has 0 saturated heterocycles. The minimum absolute atomic E-state index is 0. The Kier molecular flexibility index (Phi) is 0.969. The molecule has 0 aromatic rings. The zero-order chi connectivity index (χ0) is 4.50. The predicted molar refractivity (Wildman–Crippen MR) is 25.1 cm³/mol. The third kappa shape index (κ3) is 9510. The molecule has 0 radical (unpaired) electrons. The molecule has 0 rings (SSSR count). The van der Waals surface area contributed by atoms with Crippen LogP contribution in [0.2, 0.25) is 0 Å². The van der Waals surface area contributed by atoms with Gasteiger partial charge in [0.05, 0.1) is 28.2 Å². The molecule has 1 heteroatoms. The van der Waals surface area contributed by atoms with Crippen molar-refractivity contribution < 1.29 is 5.91 Å². The molecule has 0 aromatic heterocycles. The van der Waals surface area contributed by atoms with Crippen LogP contribution in [-0.4, -0.2) is 32.7 Å². The van der Waals surface area contributed by atoms with Crippen molar-refractivity contribution in [2.24, 2.45) is 0 Å². The van der Waals surface area contributed by atoms with Gasteiger partial charge in [-0.2, -0.15) is 0 Å². The van der Waals surface area contributed by atoms with Gasteiger partial charge in [-0.1, -0.05) is 0 Å². The molecule has 0 aliphatic rings. The topological polar surface area (TPSA) is 0 Å². The zero-order valence-corrected chi connectivity index (χ0v) is 4.45. The Labute approximate surface area is 35.3 Å². The molecule has 34 valence electrons. The molecule has 0 amide bonds. The Hall–Kier alpha value is -0.0400. The first kappa shape index (κ1) is 4.96. The molecule has 1 nitrogen and oxygen atoms in total. The van der Waals surface area contributed by atoms with Gasteiger partial charge in [0.15, 0.2) is 0 Å². The molecule has 0 spiro atoms. The van der Waals surface area contributed by atoms with Crippen molar-refractivity contribution in [3.8, 4) is 0 Å². The van der Waals surface area contributed by atoms with Gasteiger partial charge in [0.2, 0.25) is 0 Å². The van der Waals surface area contributed by atoms with Crippen LogP contribution in [0.4, 0.5) is 0 Å². The number of quaternary nitrogens is 1. The van der Waals surface area contributed by atoms with E-state index >= 15 is 0 Å². The molecule has 0 fully saturated rings. The minimum atomic E-state index is 0. The lowest BCUT2D eigenvalue weighted by Crippen LogP contribution is -2.27. The average molecular weight is 75.2 g/mol. The minimum Gasteiger partial charge on any atom is -1.00 e. The fourth-order valence-electron chi connectivity index (χ4n) is 0. The summed E-state index contributed by atoms with van der Waals surface area (Å²) in [6.07, 6.45) is 0. The smallest absolute Gasteiger partial charge is 0.0675 e. The number of nitrogens with zero attached hydrogens (tertiary/aromatic N) is 1. The van der Waals surface area contributed by atoms with Gasteiger partial charge in [-0.3, -0.25) is 0 Å². The highest BCUT2D eigenvalue weighted by Gasteiger charge is 1.88. The van der Waals surface area contributed by atoms with Gasteiger partial charge >= 0.3 is 0 Å². The second kappa shape index (κ2) is 0.977. The Morgan fingerprint density at radius 2 is 1.00 bits per heavy atom. The second-order valence-corrected chi connectivity index (χ2v) is 2.68. The summed E-state index contributed by atoms with van der Waals surface area (Å²) in [4.78, 5) is 0. The summed E-state index contributed by atoms with van der Waals surface area (Å²) in [6.45, 7) is 0. The maximum atomic E-state index is 2.12. The maximum absolute atomic E-state index is 2.12. The lowest BCUT2D eigenvalue weighted by atomic mass is 10.8. The lowest BCUT2D eigenvalue weighted by molar-refractivity contribution is -0.849. The Morgan fingerprint density at radius 1 is 1.00 bits per heavy atom. The average Bonchev–Trinajstić information content (AvgIpc) is 0.722. The second-order valence-electron chi connectivity index (χ2n) is 2.68. The number of hydrogen-bond donors (Lipinski definition) is 0. The third-order valence-electron chi connectivity index (χ3n) is 0. The molecular formula is C4H13N. The Balaban J connectivity index is 0. The van der Waals surface area contributed by atoms with Crippen molar-refractivity contribution in [2.75, 3.05) is 28.2 Å². The molecule has 0 heterocycles. The van der Waals surface area contributed by atoms with Gasteiger partial charge in [-0.05, 0) is 0 Å². The first-order valence-electron chi connectivity index (χ1n) is 1.79. The molecule has 0 saturated carbocycles. The van der Waals surface area contributed by atoms with Crippen LogP contribution in [0.3, 0.4) is 0 Å². The van der Waals surface area contributed by atoms with Crippen molar-refractivity contribution in [1.29, 1.82) is 0 Å². The number of hydrogen-bond acceptors (Lipinski definition) is 0. The highest BCUT2D eigenvalue weighted by molar-refractivity contribution is 3.87. The van der Waals surface area contributed by atoms with Gasteiger partial charge in [-0.25, -0.2) is 0 Å². The van der Waals surface area contributed by atoms with E-state index in [1.165, 1.54) is 0 Å². The highest BCUT2D eigenvalue weighted by atomic mass is 15.2. The SMILES string of the molecule is C[N+](C)(C)C.[H-]. The van der Waals surface area contributed by atoms with Gasteiger partial charge in [0.1, 0.15) is 0 Å². The van der Waals surface area contributed by atoms with Gasteiger partial charge in [0, 0.05) is 0 Å². The van der Waals surface area contributed by atoms with E-state index in [-0.39, 0.29) is 1.43 Å². The predicted octanol–water partition coefficient (Wildman–Crippen LogP) is 0.435. The molecule has 5 heavy (non-hydrogen) atoms. The summed E-state index contributed by atoms with van der Waals surface area (Å²) < 4.78 is 1.00. The maximum Gasteiger partial charge on any atom is 0.0675 e. The van der Waals surface area contributed by atoms with E-state index in [4.69, 9.17) is 0 Å². The fraction of sp³-hybridized carbons (Fsp3) is 1.00. The van der Waals surface area contributed by atoms with Gasteiger partial charge in [-0.15, -0.1) is 0 Å². The number of rotatable bonds is 0. The summed E-state index contributed by atoms with van der Waals surface area (Å²) in [5.41, 5.74) is 0. The Bertz CT molecular complexity index is 23.0. The summed E-state index contributed by atoms with van der Waals surface area (Å²) in [5.74, 6) is 0. The monoisotopic (exact) mass is 75.1 g/mol. The van der Waals surface area contributed by atoms with Gasteiger partial charge in [0.25, 0.3) is 0 Å². The van der Waals surface area contributed by atoms with Crippen LogP contribution < -0.4 is 0 Å². The summed E-state index contributed by atoms with van der Waals surface area (Å²) in [7, 11) is 8.50. The van der Waals surface area contributed by atoms with E-state index in [2.05, 4.69) is 28.2 Å². The quantitative estimate of drug-likeness (QED) is 0.366. The van der Waals surface area contributed by atoms with Crippen molar-refractivity contribution in [3.63, 3.8) is 0 Å². The molecule has 0 N–H and O–H groups in total. The molecular weight excluding hydrogens is 62.1 g/mol. The standard InChI is InChI=1S/C4H12N.H/c1-5(2,3)4;/h1-4H3;/q+1;-1. The summed E-state index contributed by atoms with van der Waals surface area (Å²) in [5, 5.41) is 0. The van der Waals surface area contributed by atoms with Gasteiger partial charge < -0.3 is 5.91 Å². The first-order chi connectivity index (χ1) is 2.00. The zero-order valence-electron chi connectivity index (χ0n) is 5.45. The molecule has 0 aliphatic carbocycles. The normalized spacial score (nSPS) is 12.0. The van der Waals surface area contributed by atoms with Crippen LogP contribution >= 0.6 is 0 Å². The molecule has 0 aromatic carbocycles. The van der Waals surface area contributed by atoms with E-state index in [9.17, 15) is 0 Å². The van der Waals surface area contributed by atoms with Crippen LogP contribution in [0.15, 0.2) is 0 Å². The van der Waals surface area contributed by atoms with E-state index in [1.54, 1.807) is 0 Å². The fourth-order valence-corrected chi connectivity index (χ4v) is 0. The van der Waals surface area contributed by atoms with Crippen LogP contribution in [-0.2, 0) is 0 Å². The molecule has 0 bridgehead atoms. The van der Waals surface area contributed by atoms with E-state index in [0.717, 1.165) is 4.48 Å². The van der Waals surface area contributed by atoms with Crippen molar-refractivity contribution in [3.05, 3.63) is 0 Å². The van der Waals surface area contributed by atoms with E-state index in [1.807, 2.05) is 0 Å². The summed E-state index contributed by atoms with van der Waals surface area (Å²) in [6, 6.07) is 0. The van der Waals surface area contributed by atoms with Crippen LogP contribution in [0.25, 0.3) is 0 Å². The molecule has 0 unspecified atom stereocenters. The highest BCUT2D eigenvalue weighted by Crippen LogP contribution is 1.73. The van der Waals surface area contributed by atoms with Crippen LogP contribution in [0.5, 0.6) is 0 Å². The van der Waals surface area contributed by atoms with E-state index < -0.39 is 0 Å². The van der Waals surface area contributed by atoms with Crippen molar-refractivity contribution in [2.45, 2.75) is 0 Å². The van der Waals surface area contributed by atoms with Crippen molar-refractivity contribution in [1.82, 2.24) is 0 Å². The third-order valence-corrected chi connectivity index (χ3v) is 0. The van der Waals surface area contributed by atoms with Crippen molar-refractivity contribution >= 4 is 0 Å². The largest absolute Gasteiger partial charge is 1.00 e. The van der Waals surface area contributed by atoms with Crippen LogP contribution in [0, 0.1) is 0 Å². The van der Waals surface area contributed by atoms with E-state index in [0.29, 0.717) is 0 Å². The molecule has 0 atom stereocenters. The van der Waals surface area contributed by atoms with Crippen LogP contribution in [0.1, 0.15) is 1.43 Å².